The van der Waals surface area contributed by atoms with Gasteiger partial charge in [0.05, 0.1) is 6.54 Å². The molecule has 0 aromatic heterocycles. The van der Waals surface area contributed by atoms with Gasteiger partial charge in [0.25, 0.3) is 5.92 Å². The molecule has 0 aromatic carbocycles. The SMILES string of the molecule is CC(C)(C)N1CCCCC(F)(F)C1.CC(C)(C)N1CCCCC1.CC(C)(C)N1CCCCCC1.CC1(F)CCCN(C(C)(C)C)CC1.CC1(F)CCN(C(C)(C)C)C1. The monoisotopic (exact) mass is 834 g/mol. The van der Waals surface area contributed by atoms with Crippen molar-refractivity contribution in [2.24, 2.45) is 0 Å². The summed E-state index contributed by atoms with van der Waals surface area (Å²) in [6.07, 6.45) is 14.6. The third-order valence-corrected chi connectivity index (χ3v) is 12.8. The topological polar surface area (TPSA) is 16.2 Å². The van der Waals surface area contributed by atoms with Crippen LogP contribution in [0.25, 0.3) is 0 Å². The molecule has 5 aliphatic heterocycles. The first kappa shape index (κ1) is 55.5. The van der Waals surface area contributed by atoms with Crippen molar-refractivity contribution in [2.45, 2.75) is 253 Å². The maximum absolute atomic E-state index is 13.7. The fraction of sp³-hybridized carbons (Fsp3) is 1.00. The summed E-state index contributed by atoms with van der Waals surface area (Å²) in [5.41, 5.74) is -0.893. The third kappa shape index (κ3) is 23.7. The van der Waals surface area contributed by atoms with Crippen LogP contribution in [-0.4, -0.2) is 135 Å². The van der Waals surface area contributed by atoms with E-state index in [2.05, 4.69) is 103 Å². The Kier molecular flexibility index (Phi) is 22.3. The molecule has 5 heterocycles. The maximum atomic E-state index is 13.7. The first-order chi connectivity index (χ1) is 26.1. The molecule has 0 aliphatic carbocycles. The summed E-state index contributed by atoms with van der Waals surface area (Å²) >= 11 is 0. The molecule has 5 rings (SSSR count). The van der Waals surface area contributed by atoms with Crippen molar-refractivity contribution >= 4 is 0 Å². The van der Waals surface area contributed by atoms with Gasteiger partial charge in [0.1, 0.15) is 11.3 Å². The van der Waals surface area contributed by atoms with Crippen LogP contribution < -0.4 is 0 Å². The van der Waals surface area contributed by atoms with Crippen molar-refractivity contribution < 1.29 is 17.6 Å². The van der Waals surface area contributed by atoms with Gasteiger partial charge < -0.3 is 0 Å². The zero-order chi connectivity index (χ0) is 44.9. The van der Waals surface area contributed by atoms with Gasteiger partial charge in [-0.05, 0) is 221 Å². The maximum Gasteiger partial charge on any atom is 0.260 e. The van der Waals surface area contributed by atoms with Gasteiger partial charge in [-0.1, -0.05) is 19.3 Å². The standard InChI is InChI=1S/C11H22FN.C10H19F2N.C10H21N.C9H18FN.C9H19N/c1-10(2,3)13-8-5-6-11(4,12)7-9-13;1-9(2,3)13-7-5-4-6-10(11,12)8-13;1-10(2,3)11-8-6-4-5-7-9-11;1-8(2,3)11-6-5-9(4,10)7-11;1-9(2,3)10-7-5-4-6-8-10/h5-9H2,1-4H3;4-8H2,1-3H3;4-9H2,1-3H3;5-7H2,1-4H3;4-8H2,1-3H3. The Balaban J connectivity index is 0.000000364. The minimum Gasteiger partial charge on any atom is -0.298 e. The van der Waals surface area contributed by atoms with Crippen molar-refractivity contribution in [1.82, 2.24) is 24.5 Å². The molecule has 0 saturated carbocycles. The van der Waals surface area contributed by atoms with Crippen LogP contribution in [0.3, 0.4) is 0 Å². The highest BCUT2D eigenvalue weighted by Gasteiger charge is 2.39. The van der Waals surface area contributed by atoms with Crippen LogP contribution >= 0.6 is 0 Å². The summed E-state index contributed by atoms with van der Waals surface area (Å²) in [6, 6.07) is 0. The molecule has 2 unspecified atom stereocenters. The molecule has 0 bridgehead atoms. The van der Waals surface area contributed by atoms with Crippen molar-refractivity contribution in [3.63, 3.8) is 0 Å². The van der Waals surface area contributed by atoms with E-state index >= 15 is 0 Å². The fourth-order valence-electron chi connectivity index (χ4n) is 8.41. The summed E-state index contributed by atoms with van der Waals surface area (Å²) in [5.74, 6) is -2.48. The van der Waals surface area contributed by atoms with Crippen molar-refractivity contribution in [1.29, 1.82) is 0 Å². The van der Waals surface area contributed by atoms with Crippen LogP contribution in [-0.2, 0) is 0 Å². The lowest BCUT2D eigenvalue weighted by Gasteiger charge is -2.38. The van der Waals surface area contributed by atoms with Gasteiger partial charge in [0, 0.05) is 53.7 Å². The molecule has 5 nitrogen and oxygen atoms in total. The number of piperidine rings is 1. The zero-order valence-corrected chi connectivity index (χ0v) is 41.7. The predicted octanol–water partition coefficient (Wildman–Crippen LogP) is 13.1. The second-order valence-corrected chi connectivity index (χ2v) is 23.9. The Morgan fingerprint density at radius 1 is 0.293 bits per heavy atom. The van der Waals surface area contributed by atoms with E-state index < -0.39 is 17.3 Å². The van der Waals surface area contributed by atoms with Gasteiger partial charge in [-0.15, -0.1) is 0 Å². The Morgan fingerprint density at radius 2 is 0.586 bits per heavy atom. The van der Waals surface area contributed by atoms with Gasteiger partial charge in [-0.25, -0.2) is 17.6 Å². The van der Waals surface area contributed by atoms with E-state index in [-0.39, 0.29) is 29.6 Å². The number of hydrogen-bond acceptors (Lipinski definition) is 5. The number of rotatable bonds is 0. The van der Waals surface area contributed by atoms with Crippen LogP contribution in [0.1, 0.15) is 208 Å². The number of hydrogen-bond donors (Lipinski definition) is 0. The molecule has 5 saturated heterocycles. The molecule has 0 aromatic rings. The van der Waals surface area contributed by atoms with Gasteiger partial charge in [0.2, 0.25) is 0 Å². The quantitative estimate of drug-likeness (QED) is 0.225. The first-order valence-electron chi connectivity index (χ1n) is 23.7. The lowest BCUT2D eigenvalue weighted by Crippen LogP contribution is -2.46. The average Bonchev–Trinajstić information content (AvgIpc) is 3.29. The van der Waals surface area contributed by atoms with E-state index in [1.54, 1.807) is 13.8 Å². The van der Waals surface area contributed by atoms with Crippen molar-refractivity contribution in [3.05, 3.63) is 0 Å². The van der Waals surface area contributed by atoms with E-state index in [1.807, 2.05) is 25.7 Å². The second kappa shape index (κ2) is 23.3. The smallest absolute Gasteiger partial charge is 0.260 e. The molecule has 348 valence electrons. The normalized spacial score (nSPS) is 28.1. The summed E-state index contributed by atoms with van der Waals surface area (Å²) in [6.45, 7) is 45.7. The Bertz CT molecular complexity index is 1080. The number of alkyl halides is 4. The van der Waals surface area contributed by atoms with Crippen LogP contribution in [0, 0.1) is 0 Å². The van der Waals surface area contributed by atoms with Crippen LogP contribution in [0.5, 0.6) is 0 Å². The van der Waals surface area contributed by atoms with Crippen LogP contribution in [0.2, 0.25) is 0 Å². The van der Waals surface area contributed by atoms with E-state index in [1.165, 1.54) is 71.1 Å². The lowest BCUT2D eigenvalue weighted by molar-refractivity contribution is -0.0480. The number of nitrogens with zero attached hydrogens (tertiary/aromatic N) is 5. The van der Waals surface area contributed by atoms with Crippen LogP contribution in [0.4, 0.5) is 17.6 Å². The molecule has 5 fully saturated rings. The Labute approximate surface area is 359 Å². The lowest BCUT2D eigenvalue weighted by atomic mass is 10.00. The summed E-state index contributed by atoms with van der Waals surface area (Å²) in [5, 5.41) is 0. The van der Waals surface area contributed by atoms with Gasteiger partial charge in [-0.3, -0.25) is 24.5 Å². The summed E-state index contributed by atoms with van der Waals surface area (Å²) in [7, 11) is 0. The fourth-order valence-corrected chi connectivity index (χ4v) is 8.41. The van der Waals surface area contributed by atoms with Crippen LogP contribution in [0.15, 0.2) is 0 Å². The number of likely N-dealkylation sites (tertiary alicyclic amines) is 5. The molecule has 58 heavy (non-hydrogen) atoms. The molecular formula is C49H99F4N5. The Hall–Kier alpha value is -0.480. The molecule has 0 amide bonds. The van der Waals surface area contributed by atoms with E-state index in [4.69, 9.17) is 0 Å². The molecule has 0 N–H and O–H groups in total. The number of halogens is 4. The molecule has 2 atom stereocenters. The molecule has 5 aliphatic rings. The minimum atomic E-state index is -2.48. The predicted molar refractivity (Wildman–Crippen MR) is 245 cm³/mol. The minimum absolute atomic E-state index is 0.0551. The molecule has 9 heteroatoms. The first-order valence-corrected chi connectivity index (χ1v) is 23.7. The van der Waals surface area contributed by atoms with E-state index in [0.29, 0.717) is 36.9 Å². The van der Waals surface area contributed by atoms with Crippen molar-refractivity contribution in [2.75, 3.05) is 65.4 Å². The van der Waals surface area contributed by atoms with Gasteiger partial charge in [0.15, 0.2) is 0 Å². The largest absolute Gasteiger partial charge is 0.298 e. The highest BCUT2D eigenvalue weighted by molar-refractivity contribution is 4.92. The van der Waals surface area contributed by atoms with Gasteiger partial charge >= 0.3 is 0 Å². The van der Waals surface area contributed by atoms with Gasteiger partial charge in [-0.2, -0.15) is 0 Å². The zero-order valence-electron chi connectivity index (χ0n) is 41.7. The third-order valence-electron chi connectivity index (χ3n) is 12.8. The van der Waals surface area contributed by atoms with Crippen molar-refractivity contribution in [3.8, 4) is 0 Å². The second-order valence-electron chi connectivity index (χ2n) is 23.9. The highest BCUT2D eigenvalue weighted by atomic mass is 19.3. The molecule has 0 radical (unpaired) electrons. The summed E-state index contributed by atoms with van der Waals surface area (Å²) < 4.78 is 53.4. The summed E-state index contributed by atoms with van der Waals surface area (Å²) in [4.78, 5) is 11.7. The van der Waals surface area contributed by atoms with E-state index in [0.717, 1.165) is 45.4 Å². The molecule has 0 spiro atoms. The van der Waals surface area contributed by atoms with E-state index in [9.17, 15) is 17.6 Å². The highest BCUT2D eigenvalue weighted by Crippen LogP contribution is 2.32. The molecular weight excluding hydrogens is 735 g/mol. The average molecular weight is 834 g/mol. The Morgan fingerprint density at radius 3 is 0.948 bits per heavy atom.